The van der Waals surface area contributed by atoms with Crippen LogP contribution < -0.4 is 0 Å². The molecule has 4 aromatic heterocycles. The number of hydrogen-bond acceptors (Lipinski definition) is 4. The molecule has 12 aromatic rings. The van der Waals surface area contributed by atoms with Gasteiger partial charge in [-0.1, -0.05) is 151 Å². The normalized spacial score (nSPS) is 14.3. The van der Waals surface area contributed by atoms with E-state index < -0.39 is 60.4 Å². The van der Waals surface area contributed by atoms with Gasteiger partial charge in [-0.3, -0.25) is 0 Å². The maximum Gasteiger partial charge on any atom is 0.168 e. The second kappa shape index (κ2) is 12.3. The quantitative estimate of drug-likeness (QED) is 0.176. The molecule has 0 fully saturated rings. The highest BCUT2D eigenvalue weighted by molar-refractivity contribution is 6.17. The van der Waals surface area contributed by atoms with E-state index in [9.17, 15) is 0 Å². The van der Waals surface area contributed by atoms with Crippen LogP contribution in [0, 0.1) is 0 Å². The highest BCUT2D eigenvalue weighted by Gasteiger charge is 2.29. The molecule has 0 bridgehead atoms. The molecule has 0 saturated heterocycles. The molecule has 0 atom stereocenters. The summed E-state index contributed by atoms with van der Waals surface area (Å²) in [6.45, 7) is 0. The maximum absolute atomic E-state index is 9.09. The largest absolute Gasteiger partial charge is 0.454 e. The van der Waals surface area contributed by atoms with Crippen molar-refractivity contribution < 1.29 is 18.1 Å². The summed E-state index contributed by atoms with van der Waals surface area (Å²) in [6.07, 6.45) is 0. The Labute approximate surface area is 340 Å². The van der Waals surface area contributed by atoms with Crippen molar-refractivity contribution in [2.75, 3.05) is 0 Å². The molecule has 57 heavy (non-hydrogen) atoms. The summed E-state index contributed by atoms with van der Waals surface area (Å²) in [5, 5.41) is 5.35. The molecule has 0 aliphatic heterocycles. The first-order chi connectivity index (χ1) is 32.4. The summed E-state index contributed by atoms with van der Waals surface area (Å²) in [5.74, 6) is -0.862. The van der Waals surface area contributed by atoms with Crippen molar-refractivity contribution in [3.05, 3.63) is 188 Å². The zero-order chi connectivity index (χ0) is 46.2. The van der Waals surface area contributed by atoms with E-state index in [1.807, 2.05) is 127 Å². The van der Waals surface area contributed by atoms with Crippen molar-refractivity contribution in [3.63, 3.8) is 0 Å². The number of rotatable bonds is 5. The van der Waals surface area contributed by atoms with E-state index in [0.717, 1.165) is 54.4 Å². The van der Waals surface area contributed by atoms with Crippen LogP contribution in [0.3, 0.4) is 0 Å². The lowest BCUT2D eigenvalue weighted by Gasteiger charge is -2.20. The maximum atomic E-state index is 9.09. The van der Waals surface area contributed by atoms with Gasteiger partial charge in [-0.25, -0.2) is 15.0 Å². The molecule has 0 aliphatic carbocycles. The molecule has 0 N–H and O–H groups in total. The molecule has 8 aromatic carbocycles. The Morgan fingerprint density at radius 2 is 0.842 bits per heavy atom. The van der Waals surface area contributed by atoms with Crippen molar-refractivity contribution in [1.29, 1.82) is 0 Å². The summed E-state index contributed by atoms with van der Waals surface area (Å²) in [5.41, 5.74) is 4.94. The SMILES string of the molecule is [2H]c1c([2H])c([2H])c(-c2nc(-c3c([2H])c([2H])c([2H])c([2H])c3[2H])nc(-c3c(-n4c5ccccc5c5ccccc54)cc4c(oc5ccccc54)c3-n3c4ccccc4c4ccccc43)n2)c([2H])c1[2H]. The molecule has 266 valence electrons. The first-order valence-corrected chi connectivity index (χ1v) is 18.3. The highest BCUT2D eigenvalue weighted by Crippen LogP contribution is 2.47. The average molecular weight is 740 g/mol. The molecular weight excluding hydrogens is 699 g/mol. The van der Waals surface area contributed by atoms with Gasteiger partial charge in [0.25, 0.3) is 0 Å². The van der Waals surface area contributed by atoms with Crippen LogP contribution in [0.4, 0.5) is 0 Å². The van der Waals surface area contributed by atoms with E-state index in [-0.39, 0.29) is 28.6 Å². The Morgan fingerprint density at radius 3 is 1.35 bits per heavy atom. The number of furan rings is 1. The van der Waals surface area contributed by atoms with Crippen LogP contribution in [-0.4, -0.2) is 24.1 Å². The van der Waals surface area contributed by atoms with E-state index in [1.54, 1.807) is 0 Å². The van der Waals surface area contributed by atoms with Gasteiger partial charge < -0.3 is 13.6 Å². The van der Waals surface area contributed by atoms with Crippen LogP contribution in [0.5, 0.6) is 0 Å². The fourth-order valence-electron chi connectivity index (χ4n) is 8.22. The minimum atomic E-state index is -0.636. The summed E-state index contributed by atoms with van der Waals surface area (Å²) in [4.78, 5) is 14.8. The van der Waals surface area contributed by atoms with Crippen molar-refractivity contribution in [1.82, 2.24) is 24.1 Å². The van der Waals surface area contributed by atoms with Gasteiger partial charge in [0.1, 0.15) is 11.3 Å². The van der Waals surface area contributed by atoms with E-state index in [0.29, 0.717) is 28.1 Å². The van der Waals surface area contributed by atoms with Crippen molar-refractivity contribution >= 4 is 65.6 Å². The Bertz CT molecular complexity index is 3890. The first-order valence-electron chi connectivity index (χ1n) is 23.3. The van der Waals surface area contributed by atoms with Gasteiger partial charge in [0.05, 0.1) is 47.0 Å². The standard InChI is InChI=1S/C51H31N5O/c1-3-17-32(18-4-1)49-52-50(33-19-5-2-6-20-33)54-51(53-49)46-44(55-40-26-12-7-21-34(40)35-22-8-13-27-41(35)55)31-39-38-25-11-16-30-45(38)57-48(39)47(46)56-42-28-14-9-23-36(42)37-24-10-15-29-43(37)56/h1-31H/i1D,2D,3D,4D,5D,6D,17D,18D,19D,20D. The monoisotopic (exact) mass is 739 g/mol. The molecule has 12 rings (SSSR count). The third-order valence-corrected chi connectivity index (χ3v) is 10.6. The third-order valence-electron chi connectivity index (χ3n) is 10.6. The predicted molar refractivity (Wildman–Crippen MR) is 232 cm³/mol. The summed E-state index contributed by atoms with van der Waals surface area (Å²) in [7, 11) is 0. The van der Waals surface area contributed by atoms with E-state index in [4.69, 9.17) is 28.1 Å². The van der Waals surface area contributed by atoms with E-state index in [2.05, 4.69) is 14.1 Å². The molecule has 0 radical (unpaired) electrons. The number of hydrogen-bond donors (Lipinski definition) is 0. The summed E-state index contributed by atoms with van der Waals surface area (Å²) in [6, 6.07) is 35.4. The lowest BCUT2D eigenvalue weighted by molar-refractivity contribution is 0.666. The van der Waals surface area contributed by atoms with Gasteiger partial charge in [0.15, 0.2) is 23.1 Å². The predicted octanol–water partition coefficient (Wildman–Crippen LogP) is 13.0. The molecule has 0 spiro atoms. The van der Waals surface area contributed by atoms with Crippen molar-refractivity contribution in [2.45, 2.75) is 0 Å². The van der Waals surface area contributed by atoms with Gasteiger partial charge in [0, 0.05) is 43.4 Å². The molecule has 4 heterocycles. The second-order valence-corrected chi connectivity index (χ2v) is 13.6. The minimum absolute atomic E-state index is 0.102. The van der Waals surface area contributed by atoms with Crippen LogP contribution in [0.1, 0.15) is 13.7 Å². The molecule has 0 aliphatic rings. The fourth-order valence-corrected chi connectivity index (χ4v) is 8.22. The van der Waals surface area contributed by atoms with Crippen molar-refractivity contribution in [2.24, 2.45) is 0 Å². The zero-order valence-electron chi connectivity index (χ0n) is 39.8. The molecule has 0 saturated carbocycles. The molecule has 0 unspecified atom stereocenters. The molecule has 6 nitrogen and oxygen atoms in total. The van der Waals surface area contributed by atoms with Crippen LogP contribution >= 0.6 is 0 Å². The van der Waals surface area contributed by atoms with Gasteiger partial charge in [-0.05, 0) is 36.4 Å². The van der Waals surface area contributed by atoms with E-state index in [1.165, 1.54) is 0 Å². The smallest absolute Gasteiger partial charge is 0.168 e. The van der Waals surface area contributed by atoms with Crippen LogP contribution in [0.25, 0.3) is 111 Å². The number of nitrogens with zero attached hydrogens (tertiary/aromatic N) is 5. The number of para-hydroxylation sites is 5. The lowest BCUT2D eigenvalue weighted by Crippen LogP contribution is -2.08. The van der Waals surface area contributed by atoms with Gasteiger partial charge in [0.2, 0.25) is 0 Å². The third kappa shape index (κ3) is 4.74. The lowest BCUT2D eigenvalue weighted by atomic mass is 10.0. The Balaban J connectivity index is 1.36. The van der Waals surface area contributed by atoms with Gasteiger partial charge >= 0.3 is 0 Å². The van der Waals surface area contributed by atoms with Crippen LogP contribution in [0.15, 0.2) is 192 Å². The molecule has 6 heteroatoms. The number of benzene rings is 8. The fraction of sp³-hybridized carbons (Fsp3) is 0. The number of aromatic nitrogens is 5. The van der Waals surface area contributed by atoms with Crippen LogP contribution in [-0.2, 0) is 0 Å². The second-order valence-electron chi connectivity index (χ2n) is 13.6. The molecular formula is C51H31N5O. The van der Waals surface area contributed by atoms with Crippen LogP contribution in [0.2, 0.25) is 0 Å². The highest BCUT2D eigenvalue weighted by atomic mass is 16.3. The Morgan fingerprint density at radius 1 is 0.421 bits per heavy atom. The zero-order valence-corrected chi connectivity index (χ0v) is 29.8. The number of fused-ring (bicyclic) bond motifs is 9. The Kier molecular flexibility index (Phi) is 5.02. The molecule has 0 amide bonds. The Hall–Kier alpha value is -7.83. The first kappa shape index (κ1) is 23.2. The van der Waals surface area contributed by atoms with Gasteiger partial charge in [-0.15, -0.1) is 0 Å². The van der Waals surface area contributed by atoms with E-state index >= 15 is 0 Å². The summed E-state index contributed by atoms with van der Waals surface area (Å²) < 4.78 is 98.9. The summed E-state index contributed by atoms with van der Waals surface area (Å²) >= 11 is 0. The average Bonchev–Trinajstić information content (AvgIpc) is 4.01. The topological polar surface area (TPSA) is 61.7 Å². The minimum Gasteiger partial charge on any atom is -0.454 e. The van der Waals surface area contributed by atoms with Crippen molar-refractivity contribution in [3.8, 4) is 45.5 Å². The van der Waals surface area contributed by atoms with Gasteiger partial charge in [-0.2, -0.15) is 0 Å².